The molecule has 2 aliphatic heterocycles. The van der Waals surface area contributed by atoms with Crippen molar-refractivity contribution >= 4 is 5.91 Å². The van der Waals surface area contributed by atoms with Crippen LogP contribution < -0.4 is 4.74 Å². The molecule has 0 aliphatic carbocycles. The maximum atomic E-state index is 13.0. The lowest BCUT2D eigenvalue weighted by atomic mass is 9.99. The summed E-state index contributed by atoms with van der Waals surface area (Å²) in [5.41, 5.74) is 1.01. The number of rotatable bonds is 2. The monoisotopic (exact) mass is 312 g/mol. The summed E-state index contributed by atoms with van der Waals surface area (Å²) in [7, 11) is 2.07. The zero-order chi connectivity index (χ0) is 15.8. The summed E-state index contributed by atoms with van der Waals surface area (Å²) in [6.45, 7) is 2.68. The summed E-state index contributed by atoms with van der Waals surface area (Å²) >= 11 is 0. The predicted molar refractivity (Wildman–Crippen MR) is 85.2 cm³/mol. The Hall–Kier alpha value is -2.34. The topological polar surface area (TPSA) is 61.5 Å². The van der Waals surface area contributed by atoms with E-state index in [-0.39, 0.29) is 17.9 Å². The van der Waals surface area contributed by atoms with E-state index >= 15 is 0 Å². The van der Waals surface area contributed by atoms with Crippen molar-refractivity contribution in [2.75, 3.05) is 33.3 Å². The molecule has 1 saturated heterocycles. The molecule has 1 N–H and O–H groups in total. The Morgan fingerprint density at radius 2 is 2.22 bits per heavy atom. The molecule has 0 saturated carbocycles. The van der Waals surface area contributed by atoms with E-state index in [2.05, 4.69) is 21.9 Å². The standard InChI is InChI=1S/C17H20N4O2/c1-20-8-9-21(10-14(20)16-18-6-7-19-16)17(22)13-11-23-15-5-3-2-4-12(13)15/h2-7,13-14H,8-11H2,1H3,(H,18,19). The van der Waals surface area contributed by atoms with Gasteiger partial charge in [-0.3, -0.25) is 9.69 Å². The minimum atomic E-state index is -0.188. The van der Waals surface area contributed by atoms with Crippen LogP contribution in [0, 0.1) is 0 Å². The van der Waals surface area contributed by atoms with Crippen molar-refractivity contribution in [3.8, 4) is 5.75 Å². The highest BCUT2D eigenvalue weighted by Crippen LogP contribution is 2.35. The number of fused-ring (bicyclic) bond motifs is 1. The van der Waals surface area contributed by atoms with Crippen LogP contribution in [0.1, 0.15) is 23.3 Å². The Bertz CT molecular complexity index is 700. The molecule has 0 radical (unpaired) electrons. The number of hydrogen-bond donors (Lipinski definition) is 1. The molecule has 120 valence electrons. The van der Waals surface area contributed by atoms with Crippen molar-refractivity contribution in [3.05, 3.63) is 48.0 Å². The van der Waals surface area contributed by atoms with E-state index in [9.17, 15) is 4.79 Å². The summed E-state index contributed by atoms with van der Waals surface area (Å²) in [6, 6.07) is 7.93. The number of para-hydroxylation sites is 1. The number of likely N-dealkylation sites (N-methyl/N-ethyl adjacent to an activating group) is 1. The van der Waals surface area contributed by atoms with Crippen molar-refractivity contribution in [3.63, 3.8) is 0 Å². The van der Waals surface area contributed by atoms with Gasteiger partial charge in [0.1, 0.15) is 24.1 Å². The fourth-order valence-corrected chi connectivity index (χ4v) is 3.42. The third-order valence-corrected chi connectivity index (χ3v) is 4.79. The number of piperazine rings is 1. The average molecular weight is 312 g/mol. The van der Waals surface area contributed by atoms with Crippen LogP contribution in [-0.4, -0.2) is 59.0 Å². The van der Waals surface area contributed by atoms with E-state index in [0.29, 0.717) is 13.2 Å². The number of nitrogens with zero attached hydrogens (tertiary/aromatic N) is 3. The van der Waals surface area contributed by atoms with Crippen LogP contribution in [-0.2, 0) is 4.79 Å². The Balaban J connectivity index is 1.53. The fourth-order valence-electron chi connectivity index (χ4n) is 3.42. The Kier molecular flexibility index (Phi) is 3.53. The highest BCUT2D eigenvalue weighted by Gasteiger charge is 2.37. The van der Waals surface area contributed by atoms with Gasteiger partial charge in [0.15, 0.2) is 0 Å². The number of aromatic nitrogens is 2. The number of benzene rings is 1. The number of ether oxygens (including phenoxy) is 1. The van der Waals surface area contributed by atoms with Crippen LogP contribution in [0.15, 0.2) is 36.7 Å². The summed E-state index contributed by atoms with van der Waals surface area (Å²) in [6.07, 6.45) is 3.58. The third-order valence-electron chi connectivity index (χ3n) is 4.79. The zero-order valence-electron chi connectivity index (χ0n) is 13.1. The smallest absolute Gasteiger partial charge is 0.233 e. The Morgan fingerprint density at radius 3 is 3.04 bits per heavy atom. The number of imidazole rings is 1. The van der Waals surface area contributed by atoms with Crippen molar-refractivity contribution < 1.29 is 9.53 Å². The molecule has 23 heavy (non-hydrogen) atoms. The number of aromatic amines is 1. The van der Waals surface area contributed by atoms with E-state index in [0.717, 1.165) is 30.2 Å². The normalized spacial score (nSPS) is 24.3. The molecule has 1 amide bonds. The molecule has 2 unspecified atom stereocenters. The van der Waals surface area contributed by atoms with E-state index in [4.69, 9.17) is 4.74 Å². The molecular weight excluding hydrogens is 292 g/mol. The first-order valence-electron chi connectivity index (χ1n) is 7.94. The van der Waals surface area contributed by atoms with Crippen LogP contribution in [0.5, 0.6) is 5.75 Å². The molecule has 6 nitrogen and oxygen atoms in total. The highest BCUT2D eigenvalue weighted by molar-refractivity contribution is 5.85. The molecule has 2 aliphatic rings. The summed E-state index contributed by atoms with van der Waals surface area (Å²) < 4.78 is 5.67. The van der Waals surface area contributed by atoms with E-state index in [1.165, 1.54) is 0 Å². The van der Waals surface area contributed by atoms with Gasteiger partial charge >= 0.3 is 0 Å². The molecule has 1 aromatic carbocycles. The Labute approximate surface area is 135 Å². The lowest BCUT2D eigenvalue weighted by molar-refractivity contribution is -0.136. The van der Waals surface area contributed by atoms with Gasteiger partial charge in [-0.15, -0.1) is 0 Å². The highest BCUT2D eigenvalue weighted by atomic mass is 16.5. The summed E-state index contributed by atoms with van der Waals surface area (Å²) in [5, 5.41) is 0. The molecule has 1 fully saturated rings. The Morgan fingerprint density at radius 1 is 1.35 bits per heavy atom. The summed E-state index contributed by atoms with van der Waals surface area (Å²) in [4.78, 5) is 24.7. The van der Waals surface area contributed by atoms with Crippen molar-refractivity contribution in [2.45, 2.75) is 12.0 Å². The average Bonchev–Trinajstić information content (AvgIpc) is 3.24. The zero-order valence-corrected chi connectivity index (χ0v) is 13.1. The van der Waals surface area contributed by atoms with Crippen molar-refractivity contribution in [2.24, 2.45) is 0 Å². The SMILES string of the molecule is CN1CCN(C(=O)C2COc3ccccc32)CC1c1ncc[nH]1. The number of carbonyl (C=O) groups is 1. The van der Waals surface area contributed by atoms with Gasteiger partial charge < -0.3 is 14.6 Å². The number of carbonyl (C=O) groups excluding carboxylic acids is 1. The van der Waals surface area contributed by atoms with Gasteiger partial charge in [0.2, 0.25) is 5.91 Å². The predicted octanol–water partition coefficient (Wildman–Crippen LogP) is 1.40. The van der Waals surface area contributed by atoms with Gasteiger partial charge in [-0.25, -0.2) is 4.98 Å². The largest absolute Gasteiger partial charge is 0.492 e. The first-order valence-corrected chi connectivity index (χ1v) is 7.94. The molecule has 2 atom stereocenters. The van der Waals surface area contributed by atoms with Gasteiger partial charge in [0.25, 0.3) is 0 Å². The molecule has 1 aromatic heterocycles. The molecule has 2 aromatic rings. The van der Waals surface area contributed by atoms with Crippen LogP contribution in [0.3, 0.4) is 0 Å². The maximum Gasteiger partial charge on any atom is 0.233 e. The van der Waals surface area contributed by atoms with Crippen molar-refractivity contribution in [1.82, 2.24) is 19.8 Å². The summed E-state index contributed by atoms with van der Waals surface area (Å²) in [5.74, 6) is 1.71. The van der Waals surface area contributed by atoms with Gasteiger partial charge in [-0.2, -0.15) is 0 Å². The first kappa shape index (κ1) is 14.3. The van der Waals surface area contributed by atoms with Gasteiger partial charge in [0.05, 0.1) is 6.04 Å². The van der Waals surface area contributed by atoms with E-state index in [1.54, 1.807) is 6.20 Å². The number of hydrogen-bond acceptors (Lipinski definition) is 4. The van der Waals surface area contributed by atoms with Crippen LogP contribution in [0.25, 0.3) is 0 Å². The van der Waals surface area contributed by atoms with Gasteiger partial charge in [-0.05, 0) is 13.1 Å². The quantitative estimate of drug-likeness (QED) is 0.910. The van der Waals surface area contributed by atoms with Crippen LogP contribution in [0.2, 0.25) is 0 Å². The number of H-pyrrole nitrogens is 1. The second-order valence-electron chi connectivity index (χ2n) is 6.16. The molecule has 4 rings (SSSR count). The molecule has 0 bridgehead atoms. The molecule has 6 heteroatoms. The molecule has 0 spiro atoms. The first-order chi connectivity index (χ1) is 11.2. The lowest BCUT2D eigenvalue weighted by Gasteiger charge is -2.39. The van der Waals surface area contributed by atoms with Gasteiger partial charge in [-0.1, -0.05) is 18.2 Å². The molecular formula is C17H20N4O2. The lowest BCUT2D eigenvalue weighted by Crippen LogP contribution is -2.50. The van der Waals surface area contributed by atoms with Gasteiger partial charge in [0, 0.05) is 37.6 Å². The van der Waals surface area contributed by atoms with E-state index in [1.807, 2.05) is 35.4 Å². The third kappa shape index (κ3) is 2.49. The second-order valence-corrected chi connectivity index (χ2v) is 6.16. The second kappa shape index (κ2) is 5.70. The minimum absolute atomic E-state index is 0.111. The van der Waals surface area contributed by atoms with Crippen LogP contribution >= 0.6 is 0 Å². The van der Waals surface area contributed by atoms with Crippen molar-refractivity contribution in [1.29, 1.82) is 0 Å². The fraction of sp³-hybridized carbons (Fsp3) is 0.412. The minimum Gasteiger partial charge on any atom is -0.492 e. The number of amides is 1. The maximum absolute atomic E-state index is 13.0. The number of nitrogens with one attached hydrogen (secondary N) is 1. The van der Waals surface area contributed by atoms with E-state index < -0.39 is 0 Å². The van der Waals surface area contributed by atoms with Crippen LogP contribution in [0.4, 0.5) is 0 Å². The molecule has 3 heterocycles.